The Kier molecular flexibility index (Phi) is 12.3. The maximum absolute atomic E-state index is 10.5. The first-order chi connectivity index (χ1) is 6.66. The summed E-state index contributed by atoms with van der Waals surface area (Å²) in [6.45, 7) is 10.2. The van der Waals surface area contributed by atoms with Crippen LogP contribution in [-0.4, -0.2) is 24.2 Å². The number of hydrogen-bond donors (Lipinski definition) is 1. The van der Waals surface area contributed by atoms with E-state index >= 15 is 0 Å². The molecule has 16 heavy (non-hydrogen) atoms. The summed E-state index contributed by atoms with van der Waals surface area (Å²) < 4.78 is 4.43. The molecule has 0 fully saturated rings. The molecule has 0 aromatic carbocycles. The van der Waals surface area contributed by atoms with Gasteiger partial charge in [0.1, 0.15) is 0 Å². The number of esters is 1. The van der Waals surface area contributed by atoms with Gasteiger partial charge in [0, 0.05) is 0 Å². The van der Waals surface area contributed by atoms with Crippen molar-refractivity contribution in [2.24, 2.45) is 5.41 Å². The van der Waals surface area contributed by atoms with Crippen LogP contribution in [0.5, 0.6) is 0 Å². The topological polar surface area (TPSA) is 63.6 Å². The largest absolute Gasteiger partial charge is 2.00 e. The molecule has 0 atom stereocenters. The van der Waals surface area contributed by atoms with Crippen molar-refractivity contribution < 1.29 is 36.2 Å². The van der Waals surface area contributed by atoms with Crippen LogP contribution in [0.15, 0.2) is 0 Å². The van der Waals surface area contributed by atoms with Gasteiger partial charge in [0.25, 0.3) is 5.97 Å². The van der Waals surface area contributed by atoms with Crippen LogP contribution in [0.1, 0.15) is 34.1 Å². The molecule has 97 valence electrons. The molecular weight excluding hydrogens is 255 g/mol. The van der Waals surface area contributed by atoms with E-state index in [9.17, 15) is 9.59 Å². The number of carbonyl (C=O) groups is 2. The van der Waals surface area contributed by atoms with Crippen molar-refractivity contribution in [3.8, 4) is 0 Å². The minimum atomic E-state index is -0.868. The monoisotopic (exact) mass is 275 g/mol. The first-order valence-electron chi connectivity index (χ1n) is 4.66. The Morgan fingerprint density at radius 2 is 1.75 bits per heavy atom. The van der Waals surface area contributed by atoms with Gasteiger partial charge >= 0.3 is 16.8 Å². The Bertz CT molecular complexity index is 209. The van der Waals surface area contributed by atoms with Gasteiger partial charge in [0.05, 0.1) is 7.11 Å². The van der Waals surface area contributed by atoms with Gasteiger partial charge in [-0.2, -0.15) is 13.3 Å². The van der Waals surface area contributed by atoms with Gasteiger partial charge in [-0.25, -0.2) is 0 Å². The molecule has 1 radical (unpaired) electrons. The molecule has 4 nitrogen and oxygen atoms in total. The molecule has 0 unspecified atom stereocenters. The number of carbonyl (C=O) groups excluding carboxylic acids is 1. The SMILES string of the molecule is CC[C-](C)C(=O)OC.[CH2-]C(C)(C)C(=O)O.[Co+2]. The predicted octanol–water partition coefficient (Wildman–Crippen LogP) is 2.09. The van der Waals surface area contributed by atoms with Crippen molar-refractivity contribution in [1.29, 1.82) is 0 Å². The Labute approximate surface area is 108 Å². The minimum Gasteiger partial charge on any atom is -0.491 e. The van der Waals surface area contributed by atoms with Crippen LogP contribution >= 0.6 is 0 Å². The second kappa shape index (κ2) is 9.54. The molecule has 0 bridgehead atoms. The van der Waals surface area contributed by atoms with Gasteiger partial charge < -0.3 is 16.8 Å². The van der Waals surface area contributed by atoms with E-state index in [4.69, 9.17) is 5.11 Å². The number of methoxy groups -OCH3 is 1. The fraction of sp³-hybridized carbons (Fsp3) is 0.636. The Morgan fingerprint density at radius 1 is 1.44 bits per heavy atom. The van der Waals surface area contributed by atoms with Crippen LogP contribution in [-0.2, 0) is 31.1 Å². The van der Waals surface area contributed by atoms with E-state index in [1.807, 2.05) is 6.92 Å². The second-order valence-electron chi connectivity index (χ2n) is 3.81. The first-order valence-corrected chi connectivity index (χ1v) is 4.66. The number of carboxylic acids is 1. The molecule has 0 aromatic rings. The fourth-order valence-electron chi connectivity index (χ4n) is 0.319. The minimum absolute atomic E-state index is 0. The van der Waals surface area contributed by atoms with Gasteiger partial charge in [0.15, 0.2) is 5.97 Å². The number of hydrogen-bond acceptors (Lipinski definition) is 3. The van der Waals surface area contributed by atoms with Crippen LogP contribution in [0.25, 0.3) is 0 Å². The zero-order valence-corrected chi connectivity index (χ0v) is 11.5. The third-order valence-corrected chi connectivity index (χ3v) is 1.64. The summed E-state index contributed by atoms with van der Waals surface area (Å²) in [5.41, 5.74) is -0.833. The fourth-order valence-corrected chi connectivity index (χ4v) is 0.319. The molecule has 0 amide bonds. The molecule has 0 aliphatic rings. The molecule has 0 aromatic heterocycles. The zero-order chi connectivity index (χ0) is 12.6. The Hall–Kier alpha value is -0.684. The molecule has 5 heteroatoms. The Balaban J connectivity index is -0.000000200. The van der Waals surface area contributed by atoms with E-state index in [1.165, 1.54) is 7.11 Å². The zero-order valence-electron chi connectivity index (χ0n) is 10.4. The predicted molar refractivity (Wildman–Crippen MR) is 58.0 cm³/mol. The van der Waals surface area contributed by atoms with E-state index in [0.29, 0.717) is 0 Å². The van der Waals surface area contributed by atoms with Gasteiger partial charge in [0.2, 0.25) is 0 Å². The van der Waals surface area contributed by atoms with Crippen LogP contribution in [0, 0.1) is 18.3 Å². The number of ether oxygens (including phenoxy) is 1. The summed E-state index contributed by atoms with van der Waals surface area (Å²) in [6, 6.07) is 0. The Morgan fingerprint density at radius 3 is 1.81 bits per heavy atom. The summed E-state index contributed by atoms with van der Waals surface area (Å²) in [4.78, 5) is 20.4. The molecule has 0 saturated heterocycles. The van der Waals surface area contributed by atoms with Gasteiger partial charge in [-0.05, 0) is 0 Å². The summed E-state index contributed by atoms with van der Waals surface area (Å²) in [6.07, 6.45) is 0.771. The van der Waals surface area contributed by atoms with E-state index in [2.05, 4.69) is 11.7 Å². The van der Waals surface area contributed by atoms with Crippen molar-refractivity contribution in [3.63, 3.8) is 0 Å². The number of aliphatic carboxylic acids is 1. The summed E-state index contributed by atoms with van der Waals surface area (Å²) >= 11 is 0. The normalized spacial score (nSPS) is 9.12. The van der Waals surface area contributed by atoms with E-state index < -0.39 is 11.4 Å². The summed E-state index contributed by atoms with van der Waals surface area (Å²) in [5, 5.41) is 8.19. The van der Waals surface area contributed by atoms with Gasteiger partial charge in [-0.15, -0.1) is 0 Å². The molecule has 0 heterocycles. The average Bonchev–Trinajstić information content (AvgIpc) is 2.14. The molecule has 0 aliphatic carbocycles. The third-order valence-electron chi connectivity index (χ3n) is 1.64. The van der Waals surface area contributed by atoms with Crippen molar-refractivity contribution in [3.05, 3.63) is 12.8 Å². The molecular formula is C11H20CoO4. The summed E-state index contributed by atoms with van der Waals surface area (Å²) in [7, 11) is 1.39. The van der Waals surface area contributed by atoms with Crippen LogP contribution in [0.2, 0.25) is 0 Å². The second-order valence-corrected chi connectivity index (χ2v) is 3.81. The van der Waals surface area contributed by atoms with E-state index in [1.54, 1.807) is 20.8 Å². The van der Waals surface area contributed by atoms with Gasteiger partial charge in [-0.3, -0.25) is 15.5 Å². The van der Waals surface area contributed by atoms with Crippen molar-refractivity contribution in [2.75, 3.05) is 7.11 Å². The molecule has 0 rings (SSSR count). The quantitative estimate of drug-likeness (QED) is 0.632. The molecule has 0 spiro atoms. The van der Waals surface area contributed by atoms with Gasteiger partial charge in [-0.1, -0.05) is 26.2 Å². The van der Waals surface area contributed by atoms with Crippen LogP contribution < -0.4 is 0 Å². The smallest absolute Gasteiger partial charge is 0.491 e. The standard InChI is InChI=1S/C6H11O2.C5H9O2.Co/c1-4-5(2)6(7)8-3;1-5(2,3)4(6)7;/h4H2,1-3H3;1H2,2-3H3,(H,6,7);/q2*-1;+2. The van der Waals surface area contributed by atoms with Crippen molar-refractivity contribution >= 4 is 11.9 Å². The molecule has 1 N–H and O–H groups in total. The first kappa shape index (κ1) is 20.7. The number of carboxylic acid groups (broad SMARTS) is 1. The average molecular weight is 275 g/mol. The number of rotatable bonds is 3. The maximum atomic E-state index is 10.5. The third kappa shape index (κ3) is 11.4. The van der Waals surface area contributed by atoms with Crippen LogP contribution in [0.4, 0.5) is 0 Å². The van der Waals surface area contributed by atoms with Crippen LogP contribution in [0.3, 0.4) is 0 Å². The van der Waals surface area contributed by atoms with Crippen molar-refractivity contribution in [1.82, 2.24) is 0 Å². The molecule has 0 aliphatic heterocycles. The van der Waals surface area contributed by atoms with E-state index in [0.717, 1.165) is 12.3 Å². The van der Waals surface area contributed by atoms with E-state index in [-0.39, 0.29) is 22.7 Å². The maximum Gasteiger partial charge on any atom is 2.00 e. The van der Waals surface area contributed by atoms with Crippen molar-refractivity contribution in [2.45, 2.75) is 34.1 Å². The molecule has 0 saturated carbocycles. The summed E-state index contributed by atoms with van der Waals surface area (Å²) in [5.74, 6) is -0.299.